The smallest absolute Gasteiger partial charge is 0.222 e. The highest BCUT2D eigenvalue weighted by Gasteiger charge is 2.22. The minimum absolute atomic E-state index is 0. The first-order valence-corrected chi connectivity index (χ1v) is 7.59. The van der Waals surface area contributed by atoms with Crippen LogP contribution in [0.4, 0.5) is 0 Å². The van der Waals surface area contributed by atoms with Crippen molar-refractivity contribution in [1.82, 2.24) is 20.0 Å². The number of aromatic nitrogens is 2. The van der Waals surface area contributed by atoms with Gasteiger partial charge in [-0.1, -0.05) is 0 Å². The fourth-order valence-corrected chi connectivity index (χ4v) is 2.83. The zero-order valence-corrected chi connectivity index (χ0v) is 15.1. The van der Waals surface area contributed by atoms with Crippen LogP contribution < -0.4 is 5.32 Å². The number of piperidine rings is 1. The van der Waals surface area contributed by atoms with Gasteiger partial charge in [0.05, 0.1) is 6.20 Å². The minimum atomic E-state index is 0. The van der Waals surface area contributed by atoms with Gasteiger partial charge in [-0.05, 0) is 50.8 Å². The molecular formula is C15H28Cl2N4O. The number of hydrogen-bond acceptors (Lipinski definition) is 3. The molecule has 0 saturated carbocycles. The van der Waals surface area contributed by atoms with E-state index in [1.165, 1.54) is 6.42 Å². The summed E-state index contributed by atoms with van der Waals surface area (Å²) in [6, 6.07) is 0. The third kappa shape index (κ3) is 6.55. The summed E-state index contributed by atoms with van der Waals surface area (Å²) in [7, 11) is 3.90. The quantitative estimate of drug-likeness (QED) is 0.853. The lowest BCUT2D eigenvalue weighted by atomic mass is 9.93. The molecule has 1 aliphatic rings. The van der Waals surface area contributed by atoms with Crippen LogP contribution in [0.3, 0.4) is 0 Å². The van der Waals surface area contributed by atoms with Crippen molar-refractivity contribution >= 4 is 30.7 Å². The molecule has 1 aromatic rings. The van der Waals surface area contributed by atoms with E-state index < -0.39 is 0 Å². The maximum Gasteiger partial charge on any atom is 0.222 e. The molecule has 0 spiro atoms. The van der Waals surface area contributed by atoms with Crippen LogP contribution in [0.15, 0.2) is 12.4 Å². The topological polar surface area (TPSA) is 50.2 Å². The average molecular weight is 351 g/mol. The molecule has 1 amide bonds. The summed E-state index contributed by atoms with van der Waals surface area (Å²) in [5.74, 6) is 1.07. The molecule has 1 fully saturated rings. The Morgan fingerprint density at radius 3 is 2.59 bits per heavy atom. The van der Waals surface area contributed by atoms with Crippen LogP contribution in [0.2, 0.25) is 0 Å². The van der Waals surface area contributed by atoms with E-state index in [2.05, 4.69) is 10.4 Å². The predicted molar refractivity (Wildman–Crippen MR) is 93.9 cm³/mol. The number of aryl methyl sites for hydroxylation is 2. The van der Waals surface area contributed by atoms with Gasteiger partial charge in [-0.3, -0.25) is 9.48 Å². The predicted octanol–water partition coefficient (Wildman–Crippen LogP) is 2.04. The Labute approximate surface area is 145 Å². The minimum Gasteiger partial charge on any atom is -0.343 e. The maximum absolute atomic E-state index is 12.2. The largest absolute Gasteiger partial charge is 0.343 e. The van der Waals surface area contributed by atoms with Gasteiger partial charge in [0.15, 0.2) is 0 Å². The number of nitrogens with zero attached hydrogens (tertiary/aromatic N) is 3. The second kappa shape index (κ2) is 10.9. The third-order valence-electron chi connectivity index (χ3n) is 4.16. The Morgan fingerprint density at radius 2 is 2.05 bits per heavy atom. The summed E-state index contributed by atoms with van der Waals surface area (Å²) in [5, 5.41) is 7.33. The molecule has 5 nitrogen and oxygen atoms in total. The van der Waals surface area contributed by atoms with Crippen LogP contribution in [0.1, 0.15) is 31.2 Å². The molecule has 22 heavy (non-hydrogen) atoms. The molecule has 128 valence electrons. The standard InChI is InChI=1S/C15H26N4O.2ClH/c1-16-8-5-13-6-9-19(10-7-13)15(20)4-3-14-11-17-18(2)12-14;;/h11-13,16H,3-10H2,1-2H3;2*1H. The molecule has 1 saturated heterocycles. The third-order valence-corrected chi connectivity index (χ3v) is 4.16. The van der Waals surface area contributed by atoms with E-state index in [4.69, 9.17) is 0 Å². The summed E-state index contributed by atoms with van der Waals surface area (Å²) in [4.78, 5) is 14.2. The molecule has 1 N–H and O–H groups in total. The molecule has 1 aliphatic heterocycles. The number of carbonyl (C=O) groups is 1. The Kier molecular flexibility index (Phi) is 10.5. The van der Waals surface area contributed by atoms with Crippen molar-refractivity contribution in [1.29, 1.82) is 0 Å². The molecule has 7 heteroatoms. The number of hydrogen-bond donors (Lipinski definition) is 1. The van der Waals surface area contributed by atoms with Gasteiger partial charge in [-0.25, -0.2) is 0 Å². The van der Waals surface area contributed by atoms with Crippen molar-refractivity contribution in [2.24, 2.45) is 13.0 Å². The number of halogens is 2. The Bertz CT molecular complexity index is 431. The van der Waals surface area contributed by atoms with Crippen LogP contribution in [-0.2, 0) is 18.3 Å². The van der Waals surface area contributed by atoms with Gasteiger partial charge < -0.3 is 10.2 Å². The maximum atomic E-state index is 12.2. The van der Waals surface area contributed by atoms with Gasteiger partial charge in [-0.2, -0.15) is 5.10 Å². The van der Waals surface area contributed by atoms with Crippen molar-refractivity contribution < 1.29 is 4.79 Å². The highest BCUT2D eigenvalue weighted by molar-refractivity contribution is 5.85. The van der Waals surface area contributed by atoms with Crippen molar-refractivity contribution in [2.45, 2.75) is 32.1 Å². The summed E-state index contributed by atoms with van der Waals surface area (Å²) in [5.41, 5.74) is 1.14. The van der Waals surface area contributed by atoms with E-state index in [0.717, 1.165) is 50.4 Å². The SMILES string of the molecule is CNCCC1CCN(C(=O)CCc2cnn(C)c2)CC1.Cl.Cl. The first kappa shape index (κ1) is 21.2. The molecule has 0 radical (unpaired) electrons. The van der Waals surface area contributed by atoms with Crippen molar-refractivity contribution in [3.8, 4) is 0 Å². The zero-order chi connectivity index (χ0) is 14.4. The zero-order valence-electron chi connectivity index (χ0n) is 13.5. The van der Waals surface area contributed by atoms with E-state index in [1.54, 1.807) is 4.68 Å². The monoisotopic (exact) mass is 350 g/mol. The summed E-state index contributed by atoms with van der Waals surface area (Å²) in [6.07, 6.45) is 8.77. The van der Waals surface area contributed by atoms with Gasteiger partial charge in [-0.15, -0.1) is 24.8 Å². The van der Waals surface area contributed by atoms with Crippen LogP contribution >= 0.6 is 24.8 Å². The number of rotatable bonds is 6. The molecular weight excluding hydrogens is 323 g/mol. The van der Waals surface area contributed by atoms with E-state index in [-0.39, 0.29) is 24.8 Å². The molecule has 0 atom stereocenters. The molecule has 1 aromatic heterocycles. The highest BCUT2D eigenvalue weighted by atomic mass is 35.5. The van der Waals surface area contributed by atoms with Crippen molar-refractivity contribution in [3.63, 3.8) is 0 Å². The first-order chi connectivity index (χ1) is 9.69. The number of carbonyl (C=O) groups excluding carboxylic acids is 1. The number of amides is 1. The fourth-order valence-electron chi connectivity index (χ4n) is 2.83. The summed E-state index contributed by atoms with van der Waals surface area (Å²) < 4.78 is 1.78. The number of likely N-dealkylation sites (tertiary alicyclic amines) is 1. The van der Waals surface area contributed by atoms with E-state index >= 15 is 0 Å². The normalized spacial score (nSPS) is 15.1. The Morgan fingerprint density at radius 1 is 1.36 bits per heavy atom. The fraction of sp³-hybridized carbons (Fsp3) is 0.733. The summed E-state index contributed by atoms with van der Waals surface area (Å²) in [6.45, 7) is 2.94. The molecule has 0 aromatic carbocycles. The first-order valence-electron chi connectivity index (χ1n) is 7.59. The number of nitrogens with one attached hydrogen (secondary N) is 1. The average Bonchev–Trinajstić information content (AvgIpc) is 2.89. The molecule has 0 bridgehead atoms. The van der Waals surface area contributed by atoms with Gasteiger partial charge >= 0.3 is 0 Å². The van der Waals surface area contributed by atoms with E-state index in [1.807, 2.05) is 31.4 Å². The van der Waals surface area contributed by atoms with Crippen LogP contribution in [-0.4, -0.2) is 47.3 Å². The van der Waals surface area contributed by atoms with Gasteiger partial charge in [0.1, 0.15) is 0 Å². The second-order valence-corrected chi connectivity index (χ2v) is 5.74. The molecule has 0 unspecified atom stereocenters. The molecule has 0 aliphatic carbocycles. The van der Waals surface area contributed by atoms with Crippen molar-refractivity contribution in [2.75, 3.05) is 26.7 Å². The van der Waals surface area contributed by atoms with Crippen molar-refractivity contribution in [3.05, 3.63) is 18.0 Å². The van der Waals surface area contributed by atoms with Gasteiger partial charge in [0.25, 0.3) is 0 Å². The Balaban J connectivity index is 0.00000220. The van der Waals surface area contributed by atoms with E-state index in [9.17, 15) is 4.79 Å². The summed E-state index contributed by atoms with van der Waals surface area (Å²) >= 11 is 0. The second-order valence-electron chi connectivity index (χ2n) is 5.74. The highest BCUT2D eigenvalue weighted by Crippen LogP contribution is 2.20. The Hall–Kier alpha value is -0.780. The van der Waals surface area contributed by atoms with Gasteiger partial charge in [0.2, 0.25) is 5.91 Å². The molecule has 2 rings (SSSR count). The van der Waals surface area contributed by atoms with Crippen LogP contribution in [0.25, 0.3) is 0 Å². The van der Waals surface area contributed by atoms with Gasteiger partial charge in [0, 0.05) is 32.8 Å². The lowest BCUT2D eigenvalue weighted by Crippen LogP contribution is -2.39. The van der Waals surface area contributed by atoms with Crippen LogP contribution in [0, 0.1) is 5.92 Å². The molecule has 2 heterocycles. The van der Waals surface area contributed by atoms with Crippen LogP contribution in [0.5, 0.6) is 0 Å². The lowest BCUT2D eigenvalue weighted by Gasteiger charge is -2.32. The lowest BCUT2D eigenvalue weighted by molar-refractivity contribution is -0.132. The van der Waals surface area contributed by atoms with E-state index in [0.29, 0.717) is 12.3 Å².